The van der Waals surface area contributed by atoms with E-state index in [1.54, 1.807) is 0 Å². The zero-order chi connectivity index (χ0) is 15.6. The third-order valence-corrected chi connectivity index (χ3v) is 4.43. The average molecular weight is 308 g/mol. The zero-order valence-electron chi connectivity index (χ0n) is 13.3. The first-order valence-electron chi connectivity index (χ1n) is 8.09. The Morgan fingerprint density at radius 2 is 1.83 bits per heavy atom. The van der Waals surface area contributed by atoms with Crippen molar-refractivity contribution in [1.82, 2.24) is 0 Å². The van der Waals surface area contributed by atoms with Crippen molar-refractivity contribution in [2.45, 2.75) is 19.8 Å². The molecule has 0 spiro atoms. The Hall–Kier alpha value is -2.49. The van der Waals surface area contributed by atoms with Gasteiger partial charge >= 0.3 is 0 Å². The average Bonchev–Trinajstić information content (AvgIpc) is 3.24. The second kappa shape index (κ2) is 5.95. The fourth-order valence-corrected chi connectivity index (χ4v) is 3.09. The second-order valence-corrected chi connectivity index (χ2v) is 6.03. The molecule has 4 rings (SSSR count). The SMILES string of the molecule is Cc1cc(N2CCCC2)ccc1C=Nc1ccc2c(c1)OCO2. The Kier molecular flexibility index (Phi) is 3.66. The Labute approximate surface area is 136 Å². The smallest absolute Gasteiger partial charge is 0.231 e. The van der Waals surface area contributed by atoms with Crippen LogP contribution in [-0.4, -0.2) is 26.1 Å². The van der Waals surface area contributed by atoms with Gasteiger partial charge in [-0.2, -0.15) is 0 Å². The Bertz CT molecular complexity index is 749. The third kappa shape index (κ3) is 2.89. The van der Waals surface area contributed by atoms with Crippen molar-refractivity contribution in [1.29, 1.82) is 0 Å². The summed E-state index contributed by atoms with van der Waals surface area (Å²) in [6, 6.07) is 12.4. The second-order valence-electron chi connectivity index (χ2n) is 6.03. The number of benzene rings is 2. The molecule has 0 radical (unpaired) electrons. The van der Waals surface area contributed by atoms with Crippen LogP contribution in [-0.2, 0) is 0 Å². The maximum absolute atomic E-state index is 5.39. The number of hydrogen-bond acceptors (Lipinski definition) is 4. The Morgan fingerprint density at radius 1 is 1.00 bits per heavy atom. The lowest BCUT2D eigenvalue weighted by molar-refractivity contribution is 0.174. The number of ether oxygens (including phenoxy) is 2. The number of rotatable bonds is 3. The van der Waals surface area contributed by atoms with Gasteiger partial charge in [-0.15, -0.1) is 0 Å². The van der Waals surface area contributed by atoms with E-state index in [-0.39, 0.29) is 0 Å². The molecule has 0 amide bonds. The zero-order valence-corrected chi connectivity index (χ0v) is 13.3. The van der Waals surface area contributed by atoms with Gasteiger partial charge in [-0.25, -0.2) is 0 Å². The topological polar surface area (TPSA) is 34.1 Å². The molecule has 0 atom stereocenters. The van der Waals surface area contributed by atoms with Crippen LogP contribution in [0.15, 0.2) is 41.4 Å². The van der Waals surface area contributed by atoms with E-state index in [4.69, 9.17) is 9.47 Å². The van der Waals surface area contributed by atoms with Crippen LogP contribution in [0.2, 0.25) is 0 Å². The molecule has 0 bridgehead atoms. The monoisotopic (exact) mass is 308 g/mol. The van der Waals surface area contributed by atoms with Crippen LogP contribution in [0, 0.1) is 6.92 Å². The first-order chi connectivity index (χ1) is 11.3. The molecule has 0 unspecified atom stereocenters. The fourth-order valence-electron chi connectivity index (χ4n) is 3.09. The first-order valence-corrected chi connectivity index (χ1v) is 8.09. The van der Waals surface area contributed by atoms with Gasteiger partial charge in [0.05, 0.1) is 5.69 Å². The lowest BCUT2D eigenvalue weighted by Crippen LogP contribution is -2.17. The summed E-state index contributed by atoms with van der Waals surface area (Å²) >= 11 is 0. The van der Waals surface area contributed by atoms with E-state index in [1.165, 1.54) is 37.2 Å². The van der Waals surface area contributed by atoms with Crippen molar-refractivity contribution < 1.29 is 9.47 Å². The lowest BCUT2D eigenvalue weighted by atomic mass is 10.1. The van der Waals surface area contributed by atoms with Crippen LogP contribution in [0.3, 0.4) is 0 Å². The molecular weight excluding hydrogens is 288 g/mol. The number of fused-ring (bicyclic) bond motifs is 1. The minimum atomic E-state index is 0.291. The van der Waals surface area contributed by atoms with Crippen molar-refractivity contribution in [2.75, 3.05) is 24.8 Å². The van der Waals surface area contributed by atoms with E-state index in [2.05, 4.69) is 35.0 Å². The van der Waals surface area contributed by atoms with Gasteiger partial charge in [-0.1, -0.05) is 6.07 Å². The summed E-state index contributed by atoms with van der Waals surface area (Å²) in [5, 5.41) is 0. The summed E-state index contributed by atoms with van der Waals surface area (Å²) < 4.78 is 10.7. The normalized spacial score (nSPS) is 16.5. The van der Waals surface area contributed by atoms with Crippen molar-refractivity contribution in [3.63, 3.8) is 0 Å². The van der Waals surface area contributed by atoms with Crippen LogP contribution in [0.5, 0.6) is 11.5 Å². The predicted octanol–water partition coefficient (Wildman–Crippen LogP) is 4.07. The molecule has 0 saturated carbocycles. The standard InChI is InChI=1S/C19H20N2O2/c1-14-10-17(21-8-2-3-9-21)6-4-15(14)12-20-16-5-7-18-19(11-16)23-13-22-18/h4-7,10-12H,2-3,8-9,13H2,1H3. The maximum atomic E-state index is 5.39. The van der Waals surface area contributed by atoms with Gasteiger partial charge in [0, 0.05) is 31.1 Å². The molecule has 2 aromatic rings. The van der Waals surface area contributed by atoms with Gasteiger partial charge in [0.1, 0.15) is 0 Å². The summed E-state index contributed by atoms with van der Waals surface area (Å²) in [7, 11) is 0. The summed E-state index contributed by atoms with van der Waals surface area (Å²) in [6.07, 6.45) is 4.51. The Balaban J connectivity index is 1.54. The molecule has 1 fully saturated rings. The van der Waals surface area contributed by atoms with Crippen LogP contribution < -0.4 is 14.4 Å². The van der Waals surface area contributed by atoms with Crippen LogP contribution in [0.4, 0.5) is 11.4 Å². The molecule has 0 aliphatic carbocycles. The molecular formula is C19H20N2O2. The van der Waals surface area contributed by atoms with Crippen molar-refractivity contribution in [3.05, 3.63) is 47.5 Å². The molecule has 0 N–H and O–H groups in total. The van der Waals surface area contributed by atoms with E-state index in [9.17, 15) is 0 Å². The summed E-state index contributed by atoms with van der Waals surface area (Å²) in [6.45, 7) is 4.77. The third-order valence-electron chi connectivity index (χ3n) is 4.43. The summed E-state index contributed by atoms with van der Waals surface area (Å²) in [4.78, 5) is 7.02. The first kappa shape index (κ1) is 14.1. The van der Waals surface area contributed by atoms with Gasteiger partial charge in [0.25, 0.3) is 0 Å². The molecule has 1 saturated heterocycles. The minimum absolute atomic E-state index is 0.291. The number of hydrogen-bond donors (Lipinski definition) is 0. The molecule has 2 aliphatic heterocycles. The van der Waals surface area contributed by atoms with E-state index < -0.39 is 0 Å². The fraction of sp³-hybridized carbons (Fsp3) is 0.316. The van der Waals surface area contributed by atoms with E-state index in [1.807, 2.05) is 24.4 Å². The Morgan fingerprint density at radius 3 is 2.65 bits per heavy atom. The highest BCUT2D eigenvalue weighted by Crippen LogP contribution is 2.35. The van der Waals surface area contributed by atoms with Crippen LogP contribution in [0.25, 0.3) is 0 Å². The maximum Gasteiger partial charge on any atom is 0.231 e. The highest BCUT2D eigenvalue weighted by atomic mass is 16.7. The highest BCUT2D eigenvalue weighted by molar-refractivity contribution is 5.84. The molecule has 118 valence electrons. The van der Waals surface area contributed by atoms with E-state index in [0.29, 0.717) is 6.79 Å². The minimum Gasteiger partial charge on any atom is -0.454 e. The van der Waals surface area contributed by atoms with Crippen LogP contribution >= 0.6 is 0 Å². The summed E-state index contributed by atoms with van der Waals surface area (Å²) in [5.74, 6) is 1.55. The predicted molar refractivity (Wildman–Crippen MR) is 92.4 cm³/mol. The molecule has 23 heavy (non-hydrogen) atoms. The van der Waals surface area contributed by atoms with E-state index in [0.717, 1.165) is 22.7 Å². The van der Waals surface area contributed by atoms with Gasteiger partial charge in [-0.3, -0.25) is 4.99 Å². The number of aliphatic imine (C=N–C) groups is 1. The molecule has 0 aromatic heterocycles. The van der Waals surface area contributed by atoms with Gasteiger partial charge in [0.15, 0.2) is 11.5 Å². The molecule has 2 heterocycles. The van der Waals surface area contributed by atoms with Crippen molar-refractivity contribution >= 4 is 17.6 Å². The molecule has 4 nitrogen and oxygen atoms in total. The van der Waals surface area contributed by atoms with Gasteiger partial charge < -0.3 is 14.4 Å². The van der Waals surface area contributed by atoms with Crippen molar-refractivity contribution in [2.24, 2.45) is 4.99 Å². The molecule has 2 aromatic carbocycles. The van der Waals surface area contributed by atoms with Gasteiger partial charge in [0.2, 0.25) is 6.79 Å². The number of nitrogens with zero attached hydrogens (tertiary/aromatic N) is 2. The number of anilines is 1. The quantitative estimate of drug-likeness (QED) is 0.801. The van der Waals surface area contributed by atoms with Gasteiger partial charge in [-0.05, 0) is 55.2 Å². The summed E-state index contributed by atoms with van der Waals surface area (Å²) in [5.41, 5.74) is 4.59. The van der Waals surface area contributed by atoms with Crippen LogP contribution in [0.1, 0.15) is 24.0 Å². The number of aryl methyl sites for hydroxylation is 1. The molecule has 2 aliphatic rings. The largest absolute Gasteiger partial charge is 0.454 e. The van der Waals surface area contributed by atoms with E-state index >= 15 is 0 Å². The van der Waals surface area contributed by atoms with Crippen molar-refractivity contribution in [3.8, 4) is 11.5 Å². The highest BCUT2D eigenvalue weighted by Gasteiger charge is 2.14. The lowest BCUT2D eigenvalue weighted by Gasteiger charge is -2.18. The molecule has 4 heteroatoms.